The van der Waals surface area contributed by atoms with Gasteiger partial charge in [-0.3, -0.25) is 4.79 Å². The largest absolute Gasteiger partial charge is 0.484 e. The zero-order valence-electron chi connectivity index (χ0n) is 15.6. The van der Waals surface area contributed by atoms with Gasteiger partial charge in [0, 0.05) is 23.2 Å². The minimum atomic E-state index is -0.365. The van der Waals surface area contributed by atoms with Crippen LogP contribution in [0, 0.1) is 6.92 Å². The quantitative estimate of drug-likeness (QED) is 0.494. The second kappa shape index (κ2) is 9.56. The van der Waals surface area contributed by atoms with E-state index in [2.05, 4.69) is 4.99 Å². The smallest absolute Gasteiger partial charge is 0.286 e. The summed E-state index contributed by atoms with van der Waals surface area (Å²) in [6.07, 6.45) is 0. The van der Waals surface area contributed by atoms with Gasteiger partial charge in [-0.15, -0.1) is 0 Å². The Hall–Kier alpha value is -1.86. The van der Waals surface area contributed by atoms with Gasteiger partial charge in [-0.05, 0) is 55.8 Å². The molecule has 0 saturated carbocycles. The third kappa shape index (κ3) is 4.94. The van der Waals surface area contributed by atoms with Crippen molar-refractivity contribution in [1.82, 2.24) is 4.57 Å². The maximum Gasteiger partial charge on any atom is 0.286 e. The molecule has 0 aliphatic rings. The average molecular weight is 439 g/mol. The zero-order valence-corrected chi connectivity index (χ0v) is 17.9. The summed E-state index contributed by atoms with van der Waals surface area (Å²) in [6.45, 7) is 5.49. The second-order valence-electron chi connectivity index (χ2n) is 6.00. The molecule has 0 unspecified atom stereocenters. The molecule has 0 radical (unpaired) electrons. The minimum Gasteiger partial charge on any atom is -0.484 e. The predicted molar refractivity (Wildman–Crippen MR) is 114 cm³/mol. The van der Waals surface area contributed by atoms with Crippen LogP contribution in [0.2, 0.25) is 10.0 Å². The van der Waals surface area contributed by atoms with Crippen LogP contribution in [0.3, 0.4) is 0 Å². The molecule has 0 aliphatic carbocycles. The Kier molecular flexibility index (Phi) is 7.13. The van der Waals surface area contributed by atoms with Gasteiger partial charge in [-0.1, -0.05) is 34.5 Å². The molecule has 3 rings (SSSR count). The molecular weight excluding hydrogens is 419 g/mol. The molecule has 5 nitrogen and oxygen atoms in total. The Labute approximate surface area is 177 Å². The Bertz CT molecular complexity index is 1040. The summed E-state index contributed by atoms with van der Waals surface area (Å²) in [7, 11) is 0. The normalized spacial score (nSPS) is 11.9. The number of carbonyl (C=O) groups excluding carboxylic acids is 1. The number of nitrogens with zero attached hydrogens (tertiary/aromatic N) is 2. The molecule has 8 heteroatoms. The predicted octanol–water partition coefficient (Wildman–Crippen LogP) is 4.86. The monoisotopic (exact) mass is 438 g/mol. The number of rotatable bonds is 7. The first-order chi connectivity index (χ1) is 13.5. The fourth-order valence-corrected chi connectivity index (χ4v) is 4.13. The van der Waals surface area contributed by atoms with Crippen molar-refractivity contribution in [2.45, 2.75) is 20.4 Å². The number of halogens is 2. The van der Waals surface area contributed by atoms with Crippen LogP contribution in [-0.2, 0) is 16.1 Å². The van der Waals surface area contributed by atoms with E-state index in [0.29, 0.717) is 40.4 Å². The van der Waals surface area contributed by atoms with Crippen molar-refractivity contribution >= 4 is 50.7 Å². The van der Waals surface area contributed by atoms with Crippen LogP contribution < -0.4 is 9.54 Å². The lowest BCUT2D eigenvalue weighted by atomic mass is 10.2. The van der Waals surface area contributed by atoms with Gasteiger partial charge >= 0.3 is 0 Å². The van der Waals surface area contributed by atoms with Gasteiger partial charge in [0.15, 0.2) is 11.4 Å². The lowest BCUT2D eigenvalue weighted by Crippen LogP contribution is -2.21. The molecule has 148 valence electrons. The number of fused-ring (bicyclic) bond motifs is 1. The van der Waals surface area contributed by atoms with Crippen molar-refractivity contribution in [3.8, 4) is 5.75 Å². The van der Waals surface area contributed by atoms with E-state index < -0.39 is 0 Å². The second-order valence-corrected chi connectivity index (χ2v) is 7.85. The van der Waals surface area contributed by atoms with Crippen LogP contribution in [0.5, 0.6) is 5.75 Å². The van der Waals surface area contributed by atoms with Crippen molar-refractivity contribution in [2.75, 3.05) is 19.8 Å². The first-order valence-electron chi connectivity index (χ1n) is 8.81. The number of benzene rings is 2. The molecule has 1 heterocycles. The van der Waals surface area contributed by atoms with Crippen LogP contribution in [-0.4, -0.2) is 30.3 Å². The molecule has 0 saturated heterocycles. The minimum absolute atomic E-state index is 0.152. The lowest BCUT2D eigenvalue weighted by molar-refractivity contribution is -0.120. The highest BCUT2D eigenvalue weighted by atomic mass is 35.5. The van der Waals surface area contributed by atoms with Crippen molar-refractivity contribution in [3.63, 3.8) is 0 Å². The number of thiazole rings is 1. The van der Waals surface area contributed by atoms with E-state index >= 15 is 0 Å². The van der Waals surface area contributed by atoms with Gasteiger partial charge < -0.3 is 14.0 Å². The summed E-state index contributed by atoms with van der Waals surface area (Å²) in [5.74, 6) is 0.201. The number of hydrogen-bond acceptors (Lipinski definition) is 4. The van der Waals surface area contributed by atoms with Gasteiger partial charge in [-0.25, -0.2) is 0 Å². The van der Waals surface area contributed by atoms with E-state index in [-0.39, 0.29) is 12.5 Å². The number of aromatic nitrogens is 1. The molecule has 28 heavy (non-hydrogen) atoms. The number of hydrogen-bond donors (Lipinski definition) is 0. The molecule has 0 spiro atoms. The Morgan fingerprint density at radius 2 is 1.93 bits per heavy atom. The molecule has 2 aromatic carbocycles. The van der Waals surface area contributed by atoms with E-state index in [1.165, 1.54) is 11.3 Å². The molecule has 0 N–H and O–H groups in total. The molecule has 1 aromatic heterocycles. The van der Waals surface area contributed by atoms with E-state index in [1.54, 1.807) is 24.3 Å². The van der Waals surface area contributed by atoms with Gasteiger partial charge in [0.25, 0.3) is 5.91 Å². The van der Waals surface area contributed by atoms with Gasteiger partial charge in [0.1, 0.15) is 5.75 Å². The summed E-state index contributed by atoms with van der Waals surface area (Å²) >= 11 is 13.6. The van der Waals surface area contributed by atoms with Gasteiger partial charge in [0.05, 0.1) is 16.8 Å². The Morgan fingerprint density at radius 3 is 2.64 bits per heavy atom. The zero-order chi connectivity index (χ0) is 20.1. The number of amides is 1. The van der Waals surface area contributed by atoms with Crippen LogP contribution >= 0.6 is 34.5 Å². The highest BCUT2D eigenvalue weighted by molar-refractivity contribution is 7.16. The maximum absolute atomic E-state index is 12.4. The van der Waals surface area contributed by atoms with Gasteiger partial charge in [-0.2, -0.15) is 4.99 Å². The lowest BCUT2D eigenvalue weighted by Gasteiger charge is -2.08. The van der Waals surface area contributed by atoms with Crippen molar-refractivity contribution in [1.29, 1.82) is 0 Å². The van der Waals surface area contributed by atoms with E-state index in [1.807, 2.05) is 30.5 Å². The van der Waals surface area contributed by atoms with Crippen LogP contribution in [0.1, 0.15) is 12.5 Å². The summed E-state index contributed by atoms with van der Waals surface area (Å²) in [5, 5.41) is 1.29. The highest BCUT2D eigenvalue weighted by Crippen LogP contribution is 2.27. The third-order valence-electron chi connectivity index (χ3n) is 4.09. The Morgan fingerprint density at radius 1 is 1.18 bits per heavy atom. The van der Waals surface area contributed by atoms with Crippen LogP contribution in [0.4, 0.5) is 0 Å². The maximum atomic E-state index is 12.4. The number of ether oxygens (including phenoxy) is 2. The van der Waals surface area contributed by atoms with Gasteiger partial charge in [0.2, 0.25) is 0 Å². The first-order valence-corrected chi connectivity index (χ1v) is 10.4. The third-order valence-corrected chi connectivity index (χ3v) is 5.79. The number of carbonyl (C=O) groups is 1. The molecule has 1 amide bonds. The topological polar surface area (TPSA) is 52.8 Å². The number of aryl methyl sites for hydroxylation is 1. The summed E-state index contributed by atoms with van der Waals surface area (Å²) in [5.41, 5.74) is 1.93. The van der Waals surface area contributed by atoms with E-state index in [4.69, 9.17) is 32.7 Å². The summed E-state index contributed by atoms with van der Waals surface area (Å²) < 4.78 is 14.0. The molecule has 0 bridgehead atoms. The molecule has 0 atom stereocenters. The van der Waals surface area contributed by atoms with Crippen molar-refractivity contribution in [3.05, 3.63) is 56.8 Å². The molecule has 3 aromatic rings. The SMILES string of the molecule is CCOCCn1c(=NC(=O)COc2ccc(Cl)cc2)sc2ccc(Cl)c(C)c21. The van der Waals surface area contributed by atoms with Crippen molar-refractivity contribution in [2.24, 2.45) is 4.99 Å². The highest BCUT2D eigenvalue weighted by Gasteiger charge is 2.12. The van der Waals surface area contributed by atoms with Crippen LogP contribution in [0.15, 0.2) is 41.4 Å². The summed E-state index contributed by atoms with van der Waals surface area (Å²) in [4.78, 5) is 17.3. The van der Waals surface area contributed by atoms with Crippen LogP contribution in [0.25, 0.3) is 10.2 Å². The molecular formula is C20H20Cl2N2O3S. The molecule has 0 aliphatic heterocycles. The molecule has 0 fully saturated rings. The standard InChI is InChI=1S/C20H20Cl2N2O3S/c1-3-26-11-10-24-19-13(2)16(22)8-9-17(19)28-20(24)23-18(25)12-27-15-6-4-14(21)5-7-15/h4-9H,3,10-12H2,1-2H3. The van der Waals surface area contributed by atoms with E-state index in [9.17, 15) is 4.79 Å². The first kappa shape index (κ1) is 20.9. The average Bonchev–Trinajstić information content (AvgIpc) is 3.02. The van der Waals surface area contributed by atoms with E-state index in [0.717, 1.165) is 15.8 Å². The fraction of sp³-hybridized carbons (Fsp3) is 0.300. The Balaban J connectivity index is 1.89. The van der Waals surface area contributed by atoms with Crippen molar-refractivity contribution < 1.29 is 14.3 Å². The fourth-order valence-electron chi connectivity index (χ4n) is 2.72. The summed E-state index contributed by atoms with van der Waals surface area (Å²) in [6, 6.07) is 10.6.